The van der Waals surface area contributed by atoms with Gasteiger partial charge in [-0.3, -0.25) is 0 Å². The maximum atomic E-state index is 12.6. The van der Waals surface area contributed by atoms with Crippen molar-refractivity contribution in [1.82, 2.24) is 9.46 Å². The van der Waals surface area contributed by atoms with E-state index in [-0.39, 0.29) is 11.5 Å². The lowest BCUT2D eigenvalue weighted by atomic mass is 10.3. The van der Waals surface area contributed by atoms with Gasteiger partial charge in [-0.15, -0.1) is 0 Å². The molecule has 0 bridgehead atoms. The van der Waals surface area contributed by atoms with Crippen molar-refractivity contribution in [3.63, 3.8) is 0 Å². The molecule has 7 heteroatoms. The zero-order chi connectivity index (χ0) is 14.5. The van der Waals surface area contributed by atoms with Crippen LogP contribution in [0, 0.1) is 13.8 Å². The monoisotopic (exact) mass is 290 g/mol. The zero-order valence-electron chi connectivity index (χ0n) is 11.7. The van der Waals surface area contributed by atoms with Crippen LogP contribution in [0.5, 0.6) is 0 Å². The summed E-state index contributed by atoms with van der Waals surface area (Å²) in [7, 11) is -3.60. The number of nitrogens with zero attached hydrogens (tertiary/aromatic N) is 2. The summed E-state index contributed by atoms with van der Waals surface area (Å²) in [5.41, 5.74) is 0.378. The smallest absolute Gasteiger partial charge is 0.248 e. The number of aromatic nitrogens is 1. The number of aryl methyl sites for hydroxylation is 2. The van der Waals surface area contributed by atoms with Crippen molar-refractivity contribution in [3.8, 4) is 0 Å². The molecule has 0 aliphatic rings. The van der Waals surface area contributed by atoms with E-state index in [1.54, 1.807) is 13.8 Å². The summed E-state index contributed by atoms with van der Waals surface area (Å²) in [6, 6.07) is 0. The van der Waals surface area contributed by atoms with Gasteiger partial charge < -0.3 is 9.63 Å². The highest BCUT2D eigenvalue weighted by Gasteiger charge is 2.30. The van der Waals surface area contributed by atoms with Crippen LogP contribution in [0.1, 0.15) is 37.6 Å². The van der Waals surface area contributed by atoms with Crippen LogP contribution in [0.25, 0.3) is 0 Å². The van der Waals surface area contributed by atoms with E-state index in [9.17, 15) is 8.42 Å². The van der Waals surface area contributed by atoms with Crippen LogP contribution in [-0.4, -0.2) is 42.7 Å². The maximum Gasteiger partial charge on any atom is 0.248 e. The van der Waals surface area contributed by atoms with Gasteiger partial charge in [0.05, 0.1) is 0 Å². The van der Waals surface area contributed by atoms with Crippen LogP contribution in [0.15, 0.2) is 9.42 Å². The molecule has 1 N–H and O–H groups in total. The number of unbranched alkanes of at least 4 members (excludes halogenated alkanes) is 1. The Balaban J connectivity index is 3.04. The third-order valence-corrected chi connectivity index (χ3v) is 5.04. The van der Waals surface area contributed by atoms with E-state index in [0.29, 0.717) is 31.0 Å². The first-order valence-corrected chi connectivity index (χ1v) is 7.93. The second kappa shape index (κ2) is 7.02. The third-order valence-electron chi connectivity index (χ3n) is 2.89. The highest BCUT2D eigenvalue weighted by atomic mass is 32.2. The van der Waals surface area contributed by atoms with Gasteiger partial charge in [-0.1, -0.05) is 18.5 Å². The Hall–Kier alpha value is -0.920. The average Bonchev–Trinajstić information content (AvgIpc) is 2.69. The summed E-state index contributed by atoms with van der Waals surface area (Å²) in [6.45, 7) is 5.95. The Morgan fingerprint density at radius 3 is 2.37 bits per heavy atom. The number of rotatable bonds is 8. The average molecular weight is 290 g/mol. The fourth-order valence-corrected chi connectivity index (χ4v) is 3.71. The van der Waals surface area contributed by atoms with Gasteiger partial charge in [0, 0.05) is 19.7 Å². The quantitative estimate of drug-likeness (QED) is 0.783. The van der Waals surface area contributed by atoms with Crippen molar-refractivity contribution in [2.24, 2.45) is 0 Å². The fourth-order valence-electron chi connectivity index (χ4n) is 1.91. The zero-order valence-corrected chi connectivity index (χ0v) is 12.5. The lowest BCUT2D eigenvalue weighted by Gasteiger charge is -2.21. The maximum absolute atomic E-state index is 12.6. The first kappa shape index (κ1) is 16.1. The molecule has 6 nitrogen and oxygen atoms in total. The predicted molar refractivity (Wildman–Crippen MR) is 71.3 cm³/mol. The van der Waals surface area contributed by atoms with E-state index in [4.69, 9.17) is 9.63 Å². The van der Waals surface area contributed by atoms with Crippen LogP contribution in [0.4, 0.5) is 0 Å². The molecule has 1 aromatic heterocycles. The van der Waals surface area contributed by atoms with Crippen molar-refractivity contribution < 1.29 is 18.0 Å². The van der Waals surface area contributed by atoms with Gasteiger partial charge in [0.1, 0.15) is 10.6 Å². The fraction of sp³-hybridized carbons (Fsp3) is 0.750. The molecule has 0 radical (unpaired) electrons. The summed E-state index contributed by atoms with van der Waals surface area (Å²) in [5.74, 6) is 0.308. The molecule has 0 aliphatic heterocycles. The minimum atomic E-state index is -3.60. The molecule has 0 aliphatic carbocycles. The summed E-state index contributed by atoms with van der Waals surface area (Å²) >= 11 is 0. The predicted octanol–water partition coefficient (Wildman–Crippen LogP) is 1.46. The van der Waals surface area contributed by atoms with Gasteiger partial charge >= 0.3 is 0 Å². The Morgan fingerprint density at radius 1 is 1.26 bits per heavy atom. The van der Waals surface area contributed by atoms with Crippen LogP contribution in [-0.2, 0) is 10.0 Å². The number of aliphatic hydroxyl groups excluding tert-OH is 1. The Bertz CT molecular complexity index is 468. The minimum absolute atomic E-state index is 0.0280. The highest BCUT2D eigenvalue weighted by Crippen LogP contribution is 2.23. The van der Waals surface area contributed by atoms with Crippen molar-refractivity contribution in [2.45, 2.75) is 44.9 Å². The third kappa shape index (κ3) is 3.77. The Morgan fingerprint density at radius 2 is 1.89 bits per heavy atom. The van der Waals surface area contributed by atoms with Gasteiger partial charge in [-0.25, -0.2) is 8.42 Å². The first-order valence-electron chi connectivity index (χ1n) is 6.49. The van der Waals surface area contributed by atoms with Crippen molar-refractivity contribution >= 4 is 10.0 Å². The summed E-state index contributed by atoms with van der Waals surface area (Å²) in [4.78, 5) is 0.154. The van der Waals surface area contributed by atoms with Crippen LogP contribution >= 0.6 is 0 Å². The molecule has 110 valence electrons. The molecule has 0 fully saturated rings. The molecular formula is C12H22N2O4S. The summed E-state index contributed by atoms with van der Waals surface area (Å²) < 4.78 is 31.5. The second-order valence-corrected chi connectivity index (χ2v) is 6.36. The minimum Gasteiger partial charge on any atom is -0.396 e. The number of hydrogen-bond donors (Lipinski definition) is 1. The van der Waals surface area contributed by atoms with Gasteiger partial charge in [0.2, 0.25) is 10.0 Å². The molecule has 0 unspecified atom stereocenters. The molecule has 19 heavy (non-hydrogen) atoms. The van der Waals surface area contributed by atoms with Gasteiger partial charge in [0.25, 0.3) is 0 Å². The topological polar surface area (TPSA) is 83.6 Å². The molecule has 1 heterocycles. The molecule has 0 spiro atoms. The van der Waals surface area contributed by atoms with E-state index in [2.05, 4.69) is 5.16 Å². The number of hydrogen-bond acceptors (Lipinski definition) is 5. The number of aliphatic hydroxyl groups is 1. The molecule has 1 aromatic rings. The van der Waals surface area contributed by atoms with Crippen LogP contribution in [0.3, 0.4) is 0 Å². The standard InChI is InChI=1S/C12H22N2O4S/c1-4-5-7-14(8-6-9-15)19(16,17)12-10(2)13-18-11(12)3/h15H,4-9H2,1-3H3. The van der Waals surface area contributed by atoms with Crippen LogP contribution < -0.4 is 0 Å². The van der Waals surface area contributed by atoms with Gasteiger partial charge in [0.15, 0.2) is 5.76 Å². The molecule has 0 aromatic carbocycles. The van der Waals surface area contributed by atoms with E-state index < -0.39 is 10.0 Å². The Labute approximate surface area is 114 Å². The second-order valence-electron chi connectivity index (χ2n) is 4.49. The molecule has 1 rings (SSSR count). The normalized spacial score (nSPS) is 12.3. The lowest BCUT2D eigenvalue weighted by Crippen LogP contribution is -2.34. The SMILES string of the molecule is CCCCN(CCCO)S(=O)(=O)c1c(C)noc1C. The molecule has 0 amide bonds. The van der Waals surface area contributed by atoms with Gasteiger partial charge in [-0.05, 0) is 26.7 Å². The number of sulfonamides is 1. The molecule has 0 atom stereocenters. The first-order chi connectivity index (χ1) is 8.95. The van der Waals surface area contributed by atoms with Crippen molar-refractivity contribution in [2.75, 3.05) is 19.7 Å². The van der Waals surface area contributed by atoms with E-state index in [0.717, 1.165) is 12.8 Å². The van der Waals surface area contributed by atoms with E-state index >= 15 is 0 Å². The summed E-state index contributed by atoms with van der Waals surface area (Å²) in [5, 5.41) is 12.6. The molecular weight excluding hydrogens is 268 g/mol. The largest absolute Gasteiger partial charge is 0.396 e. The van der Waals surface area contributed by atoms with Crippen LogP contribution in [0.2, 0.25) is 0 Å². The summed E-state index contributed by atoms with van der Waals surface area (Å²) in [6.07, 6.45) is 2.12. The van der Waals surface area contributed by atoms with Crippen molar-refractivity contribution in [1.29, 1.82) is 0 Å². The van der Waals surface area contributed by atoms with E-state index in [1.807, 2.05) is 6.92 Å². The lowest BCUT2D eigenvalue weighted by molar-refractivity contribution is 0.268. The van der Waals surface area contributed by atoms with Crippen molar-refractivity contribution in [3.05, 3.63) is 11.5 Å². The molecule has 0 saturated heterocycles. The molecule has 0 saturated carbocycles. The Kier molecular flexibility index (Phi) is 5.96. The van der Waals surface area contributed by atoms with E-state index in [1.165, 1.54) is 4.31 Å². The highest BCUT2D eigenvalue weighted by molar-refractivity contribution is 7.89. The van der Waals surface area contributed by atoms with Gasteiger partial charge in [-0.2, -0.15) is 4.31 Å².